The number of anilines is 2. The van der Waals surface area contributed by atoms with E-state index in [-0.39, 0.29) is 11.5 Å². The lowest BCUT2D eigenvalue weighted by Gasteiger charge is -2.21. The fourth-order valence-corrected chi connectivity index (χ4v) is 3.21. The number of aryl methyl sites for hydroxylation is 1. The maximum Gasteiger partial charge on any atom is 0.412 e. The molecule has 0 aliphatic rings. The first-order chi connectivity index (χ1) is 16.0. The lowest BCUT2D eigenvalue weighted by atomic mass is 10.0. The van der Waals surface area contributed by atoms with E-state index >= 15 is 0 Å². The van der Waals surface area contributed by atoms with Crippen molar-refractivity contribution in [2.24, 2.45) is 0 Å². The lowest BCUT2D eigenvalue weighted by Crippen LogP contribution is -2.27. The third-order valence-corrected chi connectivity index (χ3v) is 4.98. The van der Waals surface area contributed by atoms with Gasteiger partial charge in [-0.05, 0) is 51.5 Å². The van der Waals surface area contributed by atoms with Gasteiger partial charge in [-0.3, -0.25) is 24.9 Å². The first kappa shape index (κ1) is 24.9. The molecule has 0 saturated heterocycles. The van der Waals surface area contributed by atoms with E-state index in [4.69, 9.17) is 16.3 Å². The largest absolute Gasteiger partial charge is 0.444 e. The van der Waals surface area contributed by atoms with Gasteiger partial charge in [-0.25, -0.2) is 4.79 Å². The summed E-state index contributed by atoms with van der Waals surface area (Å²) >= 11 is 6.20. The Morgan fingerprint density at radius 3 is 2.44 bits per heavy atom. The lowest BCUT2D eigenvalue weighted by molar-refractivity contribution is -0.115. The van der Waals surface area contributed by atoms with E-state index in [1.165, 1.54) is 6.07 Å². The van der Waals surface area contributed by atoms with Gasteiger partial charge in [-0.15, -0.1) is 0 Å². The molecule has 3 rings (SSSR count). The Morgan fingerprint density at radius 1 is 1.03 bits per heavy atom. The fraction of sp³-hybridized carbons (Fsp3) is 0.240. The molecule has 0 atom stereocenters. The van der Waals surface area contributed by atoms with Gasteiger partial charge in [0.15, 0.2) is 5.78 Å². The Kier molecular flexibility index (Phi) is 7.63. The number of halogens is 1. The maximum atomic E-state index is 12.8. The van der Waals surface area contributed by atoms with Gasteiger partial charge in [-0.1, -0.05) is 29.8 Å². The predicted octanol–water partition coefficient (Wildman–Crippen LogP) is 5.66. The second-order valence-electron chi connectivity index (χ2n) is 8.59. The van der Waals surface area contributed by atoms with Gasteiger partial charge >= 0.3 is 6.09 Å². The summed E-state index contributed by atoms with van der Waals surface area (Å²) in [6.45, 7) is 6.98. The second kappa shape index (κ2) is 10.4. The van der Waals surface area contributed by atoms with Crippen LogP contribution in [0.3, 0.4) is 0 Å². The zero-order chi connectivity index (χ0) is 24.9. The highest BCUT2D eigenvalue weighted by molar-refractivity contribution is 6.32. The average molecular weight is 481 g/mol. The summed E-state index contributed by atoms with van der Waals surface area (Å²) in [6, 6.07) is 9.97. The number of benzene rings is 2. The Bertz CT molecular complexity index is 1220. The number of hydrogen-bond donors (Lipinski definition) is 2. The van der Waals surface area contributed by atoms with Gasteiger partial charge in [-0.2, -0.15) is 0 Å². The Labute approximate surface area is 202 Å². The Morgan fingerprint density at radius 2 is 1.76 bits per heavy atom. The van der Waals surface area contributed by atoms with Gasteiger partial charge in [0.25, 0.3) is 0 Å². The van der Waals surface area contributed by atoms with E-state index in [1.807, 2.05) is 6.07 Å². The van der Waals surface area contributed by atoms with Crippen molar-refractivity contribution in [3.8, 4) is 11.3 Å². The number of ketones is 1. The van der Waals surface area contributed by atoms with E-state index in [0.717, 1.165) is 5.56 Å². The molecule has 0 unspecified atom stereocenters. The Balaban J connectivity index is 1.74. The number of carbonyl (C=O) groups excluding carboxylic acids is 3. The van der Waals surface area contributed by atoms with Gasteiger partial charge in [0.1, 0.15) is 5.60 Å². The molecular weight excluding hydrogens is 456 g/mol. The van der Waals surface area contributed by atoms with Gasteiger partial charge < -0.3 is 10.1 Å². The van der Waals surface area contributed by atoms with Crippen LogP contribution < -0.4 is 10.6 Å². The summed E-state index contributed by atoms with van der Waals surface area (Å²) in [5.41, 5.74) is 2.27. The molecule has 0 aliphatic heterocycles. The molecule has 0 saturated carbocycles. The van der Waals surface area contributed by atoms with Crippen molar-refractivity contribution in [1.82, 2.24) is 9.97 Å². The molecule has 0 fully saturated rings. The predicted molar refractivity (Wildman–Crippen MR) is 131 cm³/mol. The molecule has 0 radical (unpaired) electrons. The van der Waals surface area contributed by atoms with Crippen molar-refractivity contribution >= 4 is 40.8 Å². The second-order valence-corrected chi connectivity index (χ2v) is 9.00. The zero-order valence-electron chi connectivity index (χ0n) is 19.3. The van der Waals surface area contributed by atoms with Crippen LogP contribution >= 0.6 is 11.6 Å². The first-order valence-electron chi connectivity index (χ1n) is 10.5. The topological polar surface area (TPSA) is 110 Å². The van der Waals surface area contributed by atoms with Crippen molar-refractivity contribution in [2.75, 3.05) is 10.6 Å². The van der Waals surface area contributed by atoms with Crippen molar-refractivity contribution in [1.29, 1.82) is 0 Å². The molecular formula is C25H25ClN4O4. The Hall–Kier alpha value is -3.78. The molecule has 1 heterocycles. The highest BCUT2D eigenvalue weighted by Crippen LogP contribution is 2.30. The monoisotopic (exact) mass is 480 g/mol. The van der Waals surface area contributed by atoms with Crippen LogP contribution in [0.2, 0.25) is 5.02 Å². The van der Waals surface area contributed by atoms with Crippen LogP contribution in [0, 0.1) is 6.92 Å². The fourth-order valence-electron chi connectivity index (χ4n) is 3.04. The quantitative estimate of drug-likeness (QED) is 0.347. The van der Waals surface area contributed by atoms with E-state index in [0.29, 0.717) is 27.5 Å². The van der Waals surface area contributed by atoms with Crippen molar-refractivity contribution in [3.63, 3.8) is 0 Å². The number of Topliss-reactive ketones (excluding diaryl/α,β-unsaturated/α-hetero) is 1. The van der Waals surface area contributed by atoms with Crippen LogP contribution in [-0.2, 0) is 9.53 Å². The number of ether oxygens (including phenoxy) is 1. The number of hydrogen-bond acceptors (Lipinski definition) is 6. The smallest absolute Gasteiger partial charge is 0.412 e. The normalized spacial score (nSPS) is 11.0. The van der Waals surface area contributed by atoms with E-state index in [9.17, 15) is 14.4 Å². The summed E-state index contributed by atoms with van der Waals surface area (Å²) in [7, 11) is 0. The van der Waals surface area contributed by atoms with Crippen molar-refractivity contribution < 1.29 is 19.1 Å². The van der Waals surface area contributed by atoms with E-state index < -0.39 is 24.0 Å². The molecule has 3 aromatic rings. The van der Waals surface area contributed by atoms with E-state index in [1.54, 1.807) is 70.6 Å². The minimum atomic E-state index is -0.700. The molecule has 0 aliphatic carbocycles. The highest BCUT2D eigenvalue weighted by Gasteiger charge is 2.20. The minimum absolute atomic E-state index is 0.260. The molecule has 34 heavy (non-hydrogen) atoms. The molecule has 8 nitrogen and oxygen atoms in total. The molecule has 2 N–H and O–H groups in total. The van der Waals surface area contributed by atoms with Crippen LogP contribution in [0.15, 0.2) is 55.0 Å². The first-order valence-corrected chi connectivity index (χ1v) is 10.9. The summed E-state index contributed by atoms with van der Waals surface area (Å²) in [5.74, 6) is -0.903. The number of carbonyl (C=O) groups is 3. The summed E-state index contributed by atoms with van der Waals surface area (Å²) < 4.78 is 5.27. The third-order valence-electron chi connectivity index (χ3n) is 4.57. The van der Waals surface area contributed by atoms with Gasteiger partial charge in [0.2, 0.25) is 5.91 Å². The molecule has 176 valence electrons. The molecule has 0 bridgehead atoms. The minimum Gasteiger partial charge on any atom is -0.444 e. The summed E-state index contributed by atoms with van der Waals surface area (Å²) in [4.78, 5) is 45.9. The van der Waals surface area contributed by atoms with Crippen molar-refractivity contribution in [3.05, 3.63) is 71.1 Å². The number of aromatic nitrogens is 2. The molecule has 2 aromatic carbocycles. The highest BCUT2D eigenvalue weighted by atomic mass is 35.5. The van der Waals surface area contributed by atoms with Crippen LogP contribution in [0.4, 0.5) is 16.2 Å². The van der Waals surface area contributed by atoms with Crippen molar-refractivity contribution in [2.45, 2.75) is 39.7 Å². The number of rotatable bonds is 6. The van der Waals surface area contributed by atoms with Gasteiger partial charge in [0.05, 0.1) is 29.7 Å². The molecule has 9 heteroatoms. The number of amides is 2. The molecule has 2 amide bonds. The molecule has 0 spiro atoms. The van der Waals surface area contributed by atoms with Gasteiger partial charge in [0, 0.05) is 28.5 Å². The molecule has 1 aromatic heterocycles. The average Bonchev–Trinajstić information content (AvgIpc) is 2.76. The summed E-state index contributed by atoms with van der Waals surface area (Å²) in [5, 5.41) is 5.68. The number of nitrogens with one attached hydrogen (secondary N) is 2. The zero-order valence-corrected chi connectivity index (χ0v) is 20.1. The number of nitrogens with zero attached hydrogens (tertiary/aromatic N) is 2. The SMILES string of the molecule is Cc1cc(NC(=O)CC(=O)c2cccc(-c3cnccn3)c2)c(NC(=O)OC(C)(C)C)cc1Cl. The van der Waals surface area contributed by atoms with Crippen LogP contribution in [-0.4, -0.2) is 33.4 Å². The standard InChI is InChI=1S/C25H25ClN4O4/c1-15-10-19(20(12-18(15)26)30-24(33)34-25(2,3)4)29-23(32)13-22(31)17-7-5-6-16(11-17)21-14-27-8-9-28-21/h5-12,14H,13H2,1-4H3,(H,29,32)(H,30,33). The maximum absolute atomic E-state index is 12.8. The summed E-state index contributed by atoms with van der Waals surface area (Å²) in [6.07, 6.45) is 3.64. The van der Waals surface area contributed by atoms with Crippen LogP contribution in [0.1, 0.15) is 43.1 Å². The van der Waals surface area contributed by atoms with Crippen LogP contribution in [0.25, 0.3) is 11.3 Å². The van der Waals surface area contributed by atoms with E-state index in [2.05, 4.69) is 20.6 Å². The third kappa shape index (κ3) is 6.86. The van der Waals surface area contributed by atoms with Crippen LogP contribution in [0.5, 0.6) is 0 Å².